The highest BCUT2D eigenvalue weighted by Crippen LogP contribution is 2.64. The lowest BCUT2D eigenvalue weighted by atomic mass is 9.88. The minimum atomic E-state index is -8.72. The van der Waals surface area contributed by atoms with Crippen molar-refractivity contribution in [3.05, 3.63) is 77.4 Å². The molecule has 0 spiro atoms. The van der Waals surface area contributed by atoms with E-state index in [0.717, 1.165) is 6.08 Å². The number of benzene rings is 2. The quantitative estimate of drug-likeness (QED) is 0.0171. The summed E-state index contributed by atoms with van der Waals surface area (Å²) < 4.78 is 265. The van der Waals surface area contributed by atoms with Crippen LogP contribution in [-0.2, 0) is 18.7 Å². The smallest absolute Gasteiger partial charge is 0.460 e. The van der Waals surface area contributed by atoms with Gasteiger partial charge in [0.1, 0.15) is 24.2 Å². The molecular formula is C42H49F17N2O8Si. The van der Waals surface area contributed by atoms with Gasteiger partial charge >= 0.3 is 53.7 Å². The summed E-state index contributed by atoms with van der Waals surface area (Å²) in [7, 11) is -1.33. The van der Waals surface area contributed by atoms with E-state index in [9.17, 15) is 75.4 Å². The fourth-order valence-electron chi connectivity index (χ4n) is 7.01. The average Bonchev–Trinajstić information content (AvgIpc) is 3.25. The van der Waals surface area contributed by atoms with E-state index in [1.165, 1.54) is 96.8 Å². The van der Waals surface area contributed by atoms with Gasteiger partial charge in [-0.1, -0.05) is 45.9 Å². The Hall–Kier alpha value is -4.83. The van der Waals surface area contributed by atoms with E-state index in [-0.39, 0.29) is 11.3 Å². The van der Waals surface area contributed by atoms with Gasteiger partial charge in [0.2, 0.25) is 0 Å². The van der Waals surface area contributed by atoms with Crippen LogP contribution in [0.5, 0.6) is 11.5 Å². The lowest BCUT2D eigenvalue weighted by molar-refractivity contribution is -0.461. The van der Waals surface area contributed by atoms with Gasteiger partial charge in [-0.15, -0.1) is 0 Å². The van der Waals surface area contributed by atoms with Gasteiger partial charge in [0.15, 0.2) is 14.4 Å². The molecule has 0 radical (unpaired) electrons. The molecule has 0 heterocycles. The number of ether oxygens (including phenoxy) is 4. The summed E-state index contributed by atoms with van der Waals surface area (Å²) in [5.74, 6) is -57.3. The van der Waals surface area contributed by atoms with E-state index in [0.29, 0.717) is 22.6 Å². The molecule has 0 saturated heterocycles. The molecule has 0 aromatic heterocycles. The molecule has 0 saturated carbocycles. The first-order valence-electron chi connectivity index (χ1n) is 20.3. The first kappa shape index (κ1) is 61.3. The van der Waals surface area contributed by atoms with Crippen LogP contribution < -0.4 is 20.3 Å². The lowest BCUT2D eigenvalue weighted by Crippen LogP contribution is -2.74. The summed E-state index contributed by atoms with van der Waals surface area (Å²) in [5.41, 5.74) is 0.959. The number of allylic oxidation sites excluding steroid dienone is 2. The number of nitrogens with one attached hydrogen (secondary N) is 2. The molecule has 2 amide bonds. The van der Waals surface area contributed by atoms with Gasteiger partial charge < -0.3 is 23.4 Å². The minimum absolute atomic E-state index is 0.0647. The summed E-state index contributed by atoms with van der Waals surface area (Å²) >= 11 is 0. The number of rotatable bonds is 25. The zero-order chi connectivity index (χ0) is 54.3. The van der Waals surface area contributed by atoms with Gasteiger partial charge in [0.05, 0.1) is 13.7 Å². The highest BCUT2D eigenvalue weighted by molar-refractivity contribution is 6.76. The second-order valence-corrected chi connectivity index (χ2v) is 21.3. The van der Waals surface area contributed by atoms with E-state index in [1.54, 1.807) is 19.1 Å². The molecular weight excluding hydrogens is 1010 g/mol. The number of hydrogen-bond donors (Lipinski definition) is 3. The third-order valence-corrected chi connectivity index (χ3v) is 16.7. The van der Waals surface area contributed by atoms with Crippen LogP contribution in [0.25, 0.3) is 0 Å². The highest BCUT2D eigenvalue weighted by atomic mass is 28.4. The summed E-state index contributed by atoms with van der Waals surface area (Å²) in [5, 5.41) is 11.4. The molecule has 0 fully saturated rings. The minimum Gasteiger partial charge on any atom is -0.497 e. The molecule has 3 N–H and O–H groups in total. The van der Waals surface area contributed by atoms with Crippen LogP contribution in [0.15, 0.2) is 71.8 Å². The maximum Gasteiger partial charge on any atom is 0.460 e. The number of hydroxylamine groups is 1. The van der Waals surface area contributed by atoms with Gasteiger partial charge in [-0.05, 0) is 84.1 Å². The van der Waals surface area contributed by atoms with Crippen LogP contribution in [-0.4, -0.2) is 107 Å². The Morgan fingerprint density at radius 2 is 1.13 bits per heavy atom. The molecule has 2 aromatic carbocycles. The Labute approximate surface area is 390 Å². The SMILES string of the molecule is COc1ccc(NC(=O)O[C@H](c2ccc(OCCO[Si](CCC(F)(F)C(F)(F)C(F)(F)C(F)(F)C(F)(F)C(F)(F)C(F)(F)C(F)(F)F)(C(C)C)C(C)C)cc2)[C@H](OC)/C(C)=C/C(C)=C/C(=O)NO)cc1. The van der Waals surface area contributed by atoms with E-state index in [2.05, 4.69) is 5.32 Å². The van der Waals surface area contributed by atoms with Gasteiger partial charge in [-0.2, -0.15) is 74.6 Å². The van der Waals surface area contributed by atoms with Crippen molar-refractivity contribution in [2.45, 2.75) is 125 Å². The molecule has 70 heavy (non-hydrogen) atoms. The molecule has 398 valence electrons. The number of alkyl halides is 17. The second kappa shape index (κ2) is 22.7. The lowest BCUT2D eigenvalue weighted by Gasteiger charge is -2.44. The zero-order valence-electron chi connectivity index (χ0n) is 38.1. The van der Waals surface area contributed by atoms with Crippen molar-refractivity contribution in [3.63, 3.8) is 0 Å². The molecule has 0 bridgehead atoms. The number of anilines is 1. The van der Waals surface area contributed by atoms with Gasteiger partial charge in [-0.25, -0.2) is 10.3 Å². The third-order valence-electron chi connectivity index (χ3n) is 11.0. The Morgan fingerprint density at radius 1 is 0.657 bits per heavy atom. The highest BCUT2D eigenvalue weighted by Gasteiger charge is 2.95. The fraction of sp³-hybridized carbons (Fsp3) is 0.571. The number of amides is 2. The summed E-state index contributed by atoms with van der Waals surface area (Å²) in [6, 6.07) is 10.3. The maximum absolute atomic E-state index is 15.1. The second-order valence-electron chi connectivity index (χ2n) is 16.3. The number of carbonyl (C=O) groups excluding carboxylic acids is 2. The number of hydrogen-bond acceptors (Lipinski definition) is 8. The molecule has 0 aliphatic heterocycles. The predicted octanol–water partition coefficient (Wildman–Crippen LogP) is 13.0. The fourth-order valence-corrected chi connectivity index (χ4v) is 11.5. The topological polar surface area (TPSA) is 125 Å². The van der Waals surface area contributed by atoms with Gasteiger partial charge in [0, 0.05) is 25.3 Å². The van der Waals surface area contributed by atoms with Gasteiger partial charge in [0.25, 0.3) is 5.91 Å². The number of methoxy groups -OCH3 is 2. The Bertz CT molecular complexity index is 2110. The molecule has 0 aliphatic carbocycles. The predicted molar refractivity (Wildman–Crippen MR) is 218 cm³/mol. The molecule has 0 aliphatic rings. The molecule has 2 atom stereocenters. The molecule has 0 unspecified atom stereocenters. The maximum atomic E-state index is 15.1. The monoisotopic (exact) mass is 1060 g/mol. The largest absolute Gasteiger partial charge is 0.497 e. The number of halogens is 17. The van der Waals surface area contributed by atoms with E-state index in [4.69, 9.17) is 28.6 Å². The first-order chi connectivity index (χ1) is 31.8. The van der Waals surface area contributed by atoms with Crippen molar-refractivity contribution in [1.29, 1.82) is 0 Å². The summed E-state index contributed by atoms with van der Waals surface area (Å²) in [4.78, 5) is 24.8. The van der Waals surface area contributed by atoms with Crippen LogP contribution in [0.4, 0.5) is 85.1 Å². The van der Waals surface area contributed by atoms with Gasteiger partial charge in [-0.3, -0.25) is 15.3 Å². The van der Waals surface area contributed by atoms with Crippen LogP contribution >= 0.6 is 0 Å². The summed E-state index contributed by atoms with van der Waals surface area (Å²) in [6.07, 6.45) is -11.1. The first-order valence-corrected chi connectivity index (χ1v) is 22.6. The van der Waals surface area contributed by atoms with Crippen LogP contribution in [0.2, 0.25) is 17.1 Å². The van der Waals surface area contributed by atoms with E-state index < -0.39 is 117 Å². The van der Waals surface area contributed by atoms with Crippen molar-refractivity contribution in [2.75, 3.05) is 32.8 Å². The van der Waals surface area contributed by atoms with Crippen molar-refractivity contribution >= 4 is 26.0 Å². The Kier molecular flexibility index (Phi) is 19.9. The van der Waals surface area contributed by atoms with Crippen molar-refractivity contribution in [1.82, 2.24) is 5.48 Å². The number of carbonyl (C=O) groups is 2. The standard InChI is InChI=1S/C42H49F17N2O8Si/c1-23(2)70(24(3)4,20-17-35(43,44)36(45,46)37(47,48)38(49,50)39(51,52)40(53,54)41(55,56)42(57,58)59)68-19-18-67-30-13-9-27(10-14-30)33(32(66-8)26(6)21-25(5)22-31(62)61-64)69-34(63)60-28-11-15-29(65-7)16-12-28/h9-16,21-24,32-33,64H,17-20H2,1-8H3,(H,60,63)(H,61,62)/b25-22+,26-21+/t32-,33-/m1/s1. The van der Waals surface area contributed by atoms with Crippen LogP contribution in [0.3, 0.4) is 0 Å². The average molecular weight is 1060 g/mol. The zero-order valence-corrected chi connectivity index (χ0v) is 39.1. The Balaban J connectivity index is 2.38. The van der Waals surface area contributed by atoms with Crippen molar-refractivity contribution in [3.8, 4) is 11.5 Å². The Morgan fingerprint density at radius 3 is 1.57 bits per heavy atom. The third kappa shape index (κ3) is 12.6. The normalized spacial score (nSPS) is 15.2. The van der Waals surface area contributed by atoms with E-state index >= 15 is 8.78 Å². The molecule has 2 rings (SSSR count). The van der Waals surface area contributed by atoms with E-state index in [1.807, 2.05) is 0 Å². The molecule has 10 nitrogen and oxygen atoms in total. The van der Waals surface area contributed by atoms with Crippen molar-refractivity contribution in [2.24, 2.45) is 0 Å². The van der Waals surface area contributed by atoms with Crippen molar-refractivity contribution < 1.29 is 113 Å². The molecule has 2 aromatic rings. The van der Waals surface area contributed by atoms with Crippen LogP contribution in [0, 0.1) is 0 Å². The summed E-state index contributed by atoms with van der Waals surface area (Å²) in [6.45, 7) is 7.29. The van der Waals surface area contributed by atoms with Crippen LogP contribution in [0.1, 0.15) is 59.6 Å². The molecule has 28 heteroatoms.